The number of halogens is 1. The van der Waals surface area contributed by atoms with E-state index in [4.69, 9.17) is 0 Å². The molecule has 0 bridgehead atoms. The van der Waals surface area contributed by atoms with E-state index in [1.165, 1.54) is 11.3 Å². The lowest BCUT2D eigenvalue weighted by molar-refractivity contribution is 0.0797. The molecule has 0 fully saturated rings. The molecule has 0 saturated carbocycles. The molecule has 0 aliphatic heterocycles. The maximum absolute atomic E-state index is 11.9. The first-order chi connectivity index (χ1) is 7.16. The SMILES string of the molecule is CNCCCN(C)C(=O)c1sccc1Br. The number of carbonyl (C=O) groups excluding carboxylic acids is 1. The fraction of sp³-hybridized carbons (Fsp3) is 0.500. The van der Waals surface area contributed by atoms with Crippen molar-refractivity contribution in [2.75, 3.05) is 27.2 Å². The van der Waals surface area contributed by atoms with Gasteiger partial charge in [0.15, 0.2) is 0 Å². The maximum Gasteiger partial charge on any atom is 0.264 e. The molecule has 1 aromatic rings. The molecule has 1 amide bonds. The summed E-state index contributed by atoms with van der Waals surface area (Å²) in [5.41, 5.74) is 0. The van der Waals surface area contributed by atoms with Crippen LogP contribution in [-0.4, -0.2) is 38.0 Å². The summed E-state index contributed by atoms with van der Waals surface area (Å²) in [4.78, 5) is 14.4. The minimum absolute atomic E-state index is 0.0907. The Morgan fingerprint density at radius 1 is 1.67 bits per heavy atom. The number of carbonyl (C=O) groups is 1. The quantitative estimate of drug-likeness (QED) is 0.843. The van der Waals surface area contributed by atoms with Crippen molar-refractivity contribution in [2.45, 2.75) is 6.42 Å². The second-order valence-corrected chi connectivity index (χ2v) is 5.05. The topological polar surface area (TPSA) is 32.3 Å². The van der Waals surface area contributed by atoms with Gasteiger partial charge in [-0.15, -0.1) is 11.3 Å². The smallest absolute Gasteiger partial charge is 0.264 e. The fourth-order valence-corrected chi connectivity index (χ4v) is 2.75. The number of nitrogens with zero attached hydrogens (tertiary/aromatic N) is 1. The highest BCUT2D eigenvalue weighted by Gasteiger charge is 2.15. The molecule has 1 heterocycles. The molecule has 84 valence electrons. The Balaban J connectivity index is 2.50. The van der Waals surface area contributed by atoms with Gasteiger partial charge in [-0.1, -0.05) is 0 Å². The molecule has 0 aromatic carbocycles. The summed E-state index contributed by atoms with van der Waals surface area (Å²) in [7, 11) is 3.75. The van der Waals surface area contributed by atoms with E-state index in [0.717, 1.165) is 28.9 Å². The average Bonchev–Trinajstić information content (AvgIpc) is 2.63. The Kier molecular flexibility index (Phi) is 5.28. The van der Waals surface area contributed by atoms with Crippen molar-refractivity contribution in [3.8, 4) is 0 Å². The van der Waals surface area contributed by atoms with Crippen molar-refractivity contribution in [3.05, 3.63) is 20.8 Å². The summed E-state index contributed by atoms with van der Waals surface area (Å²) in [6.07, 6.45) is 0.974. The van der Waals surface area contributed by atoms with Gasteiger partial charge in [-0.25, -0.2) is 0 Å². The van der Waals surface area contributed by atoms with Crippen LogP contribution in [0.2, 0.25) is 0 Å². The van der Waals surface area contributed by atoms with Crippen molar-refractivity contribution >= 4 is 33.2 Å². The fourth-order valence-electron chi connectivity index (χ4n) is 1.21. The van der Waals surface area contributed by atoms with E-state index in [2.05, 4.69) is 21.2 Å². The van der Waals surface area contributed by atoms with Gasteiger partial charge in [-0.3, -0.25) is 4.79 Å². The zero-order valence-electron chi connectivity index (χ0n) is 8.92. The number of hydrogen-bond donors (Lipinski definition) is 1. The number of thiophene rings is 1. The summed E-state index contributed by atoms with van der Waals surface area (Å²) < 4.78 is 0.887. The third-order valence-corrected chi connectivity index (χ3v) is 3.90. The molecule has 1 N–H and O–H groups in total. The molecule has 15 heavy (non-hydrogen) atoms. The van der Waals surface area contributed by atoms with Crippen LogP contribution in [0.4, 0.5) is 0 Å². The normalized spacial score (nSPS) is 10.3. The Bertz CT molecular complexity index is 327. The average molecular weight is 291 g/mol. The Hall–Kier alpha value is -0.390. The summed E-state index contributed by atoms with van der Waals surface area (Å²) >= 11 is 4.84. The Labute approximate surface area is 103 Å². The predicted octanol–water partition coefficient (Wildman–Crippen LogP) is 2.19. The van der Waals surface area contributed by atoms with Crippen molar-refractivity contribution in [1.29, 1.82) is 0 Å². The zero-order valence-corrected chi connectivity index (χ0v) is 11.3. The molecule has 0 unspecified atom stereocenters. The van der Waals surface area contributed by atoms with Gasteiger partial charge in [0.2, 0.25) is 0 Å². The lowest BCUT2D eigenvalue weighted by atomic mass is 10.3. The molecule has 1 aromatic heterocycles. The van der Waals surface area contributed by atoms with E-state index in [0.29, 0.717) is 0 Å². The largest absolute Gasteiger partial charge is 0.341 e. The van der Waals surface area contributed by atoms with Crippen molar-refractivity contribution in [3.63, 3.8) is 0 Å². The monoisotopic (exact) mass is 290 g/mol. The maximum atomic E-state index is 11.9. The number of rotatable bonds is 5. The van der Waals surface area contributed by atoms with Crippen LogP contribution >= 0.6 is 27.3 Å². The second kappa shape index (κ2) is 6.25. The first kappa shape index (κ1) is 12.7. The van der Waals surface area contributed by atoms with Gasteiger partial charge < -0.3 is 10.2 Å². The van der Waals surface area contributed by atoms with E-state index < -0.39 is 0 Å². The van der Waals surface area contributed by atoms with Crippen molar-refractivity contribution in [2.24, 2.45) is 0 Å². The number of hydrogen-bond acceptors (Lipinski definition) is 3. The summed E-state index contributed by atoms with van der Waals surface area (Å²) in [5.74, 6) is 0.0907. The van der Waals surface area contributed by atoms with E-state index in [-0.39, 0.29) is 5.91 Å². The Morgan fingerprint density at radius 2 is 2.40 bits per heavy atom. The van der Waals surface area contributed by atoms with Crippen LogP contribution < -0.4 is 5.32 Å². The van der Waals surface area contributed by atoms with E-state index in [1.54, 1.807) is 4.90 Å². The molecular weight excluding hydrogens is 276 g/mol. The molecule has 0 saturated heterocycles. The minimum atomic E-state index is 0.0907. The summed E-state index contributed by atoms with van der Waals surface area (Å²) in [6.45, 7) is 1.72. The summed E-state index contributed by atoms with van der Waals surface area (Å²) in [6, 6.07) is 1.90. The molecule has 5 heteroatoms. The molecular formula is C10H15BrN2OS. The van der Waals surface area contributed by atoms with Crippen LogP contribution in [0.15, 0.2) is 15.9 Å². The van der Waals surface area contributed by atoms with Crippen molar-refractivity contribution in [1.82, 2.24) is 10.2 Å². The highest BCUT2D eigenvalue weighted by Crippen LogP contribution is 2.23. The third-order valence-electron chi connectivity index (χ3n) is 2.08. The van der Waals surface area contributed by atoms with Gasteiger partial charge in [0.1, 0.15) is 4.88 Å². The predicted molar refractivity (Wildman–Crippen MR) is 67.5 cm³/mol. The zero-order chi connectivity index (χ0) is 11.3. The van der Waals surface area contributed by atoms with Crippen LogP contribution in [0, 0.1) is 0 Å². The van der Waals surface area contributed by atoms with Gasteiger partial charge in [-0.05, 0) is 47.4 Å². The van der Waals surface area contributed by atoms with Crippen LogP contribution in [0.25, 0.3) is 0 Å². The highest BCUT2D eigenvalue weighted by atomic mass is 79.9. The van der Waals surface area contributed by atoms with E-state index in [1.807, 2.05) is 25.5 Å². The van der Waals surface area contributed by atoms with Gasteiger partial charge in [0.25, 0.3) is 5.91 Å². The number of amides is 1. The lowest BCUT2D eigenvalue weighted by Crippen LogP contribution is -2.29. The first-order valence-electron chi connectivity index (χ1n) is 4.80. The first-order valence-corrected chi connectivity index (χ1v) is 6.47. The van der Waals surface area contributed by atoms with E-state index in [9.17, 15) is 4.79 Å². The number of nitrogens with one attached hydrogen (secondary N) is 1. The van der Waals surface area contributed by atoms with Crippen LogP contribution in [-0.2, 0) is 0 Å². The second-order valence-electron chi connectivity index (χ2n) is 3.28. The lowest BCUT2D eigenvalue weighted by Gasteiger charge is -2.16. The molecule has 3 nitrogen and oxygen atoms in total. The molecule has 0 spiro atoms. The van der Waals surface area contributed by atoms with Gasteiger partial charge in [0, 0.05) is 18.1 Å². The molecule has 1 rings (SSSR count). The molecule has 0 aliphatic carbocycles. The minimum Gasteiger partial charge on any atom is -0.341 e. The molecule has 0 radical (unpaired) electrons. The standard InChI is InChI=1S/C10H15BrN2OS/c1-12-5-3-6-13(2)10(14)9-8(11)4-7-15-9/h4,7,12H,3,5-6H2,1-2H3. The van der Waals surface area contributed by atoms with Gasteiger partial charge in [0.05, 0.1) is 0 Å². The molecule has 0 atom stereocenters. The van der Waals surface area contributed by atoms with Crippen LogP contribution in [0.3, 0.4) is 0 Å². The van der Waals surface area contributed by atoms with Crippen molar-refractivity contribution < 1.29 is 4.79 Å². The highest BCUT2D eigenvalue weighted by molar-refractivity contribution is 9.10. The van der Waals surface area contributed by atoms with Gasteiger partial charge in [-0.2, -0.15) is 0 Å². The summed E-state index contributed by atoms with van der Waals surface area (Å²) in [5, 5.41) is 4.98. The van der Waals surface area contributed by atoms with Gasteiger partial charge >= 0.3 is 0 Å². The van der Waals surface area contributed by atoms with Crippen LogP contribution in [0.5, 0.6) is 0 Å². The van der Waals surface area contributed by atoms with E-state index >= 15 is 0 Å². The molecule has 0 aliphatic rings. The third kappa shape index (κ3) is 3.59. The Morgan fingerprint density at radius 3 is 2.93 bits per heavy atom. The van der Waals surface area contributed by atoms with Crippen LogP contribution in [0.1, 0.15) is 16.1 Å².